The maximum absolute atomic E-state index is 14.3. The van der Waals surface area contributed by atoms with Crippen LogP contribution < -0.4 is 19.1 Å². The number of carbonyl (C=O) groups is 2. The van der Waals surface area contributed by atoms with Gasteiger partial charge in [-0.15, -0.1) is 0 Å². The number of fused-ring (bicyclic) bond motifs is 1. The van der Waals surface area contributed by atoms with Crippen molar-refractivity contribution in [1.29, 1.82) is 0 Å². The summed E-state index contributed by atoms with van der Waals surface area (Å²) in [4.78, 5) is 29.8. The largest absolute Gasteiger partial charge is 0.486 e. The molecule has 0 bridgehead atoms. The molecule has 2 amide bonds. The second kappa shape index (κ2) is 13.9. The van der Waals surface area contributed by atoms with Gasteiger partial charge in [-0.25, -0.2) is 8.42 Å². The molecule has 43 heavy (non-hydrogen) atoms. The Kier molecular flexibility index (Phi) is 9.86. The Morgan fingerprint density at radius 2 is 1.49 bits per heavy atom. The number of hydrogen-bond donors (Lipinski definition) is 1. The Hall–Kier alpha value is -4.05. The van der Waals surface area contributed by atoms with Crippen molar-refractivity contribution >= 4 is 27.5 Å². The molecule has 0 saturated heterocycles. The van der Waals surface area contributed by atoms with Crippen molar-refractivity contribution in [3.8, 4) is 11.5 Å². The fourth-order valence-corrected chi connectivity index (χ4v) is 6.52. The van der Waals surface area contributed by atoms with Crippen molar-refractivity contribution in [3.05, 3.63) is 90.0 Å². The van der Waals surface area contributed by atoms with Crippen molar-refractivity contribution in [1.82, 2.24) is 10.2 Å². The Morgan fingerprint density at radius 1 is 0.860 bits per heavy atom. The zero-order valence-corrected chi connectivity index (χ0v) is 25.3. The highest BCUT2D eigenvalue weighted by atomic mass is 32.2. The summed E-state index contributed by atoms with van der Waals surface area (Å²) in [5, 5.41) is 3.21. The van der Waals surface area contributed by atoms with Crippen LogP contribution in [0.1, 0.15) is 43.2 Å². The molecular weight excluding hydrogens is 566 g/mol. The van der Waals surface area contributed by atoms with Crippen molar-refractivity contribution in [2.24, 2.45) is 0 Å². The smallest absolute Gasteiger partial charge is 0.244 e. The molecule has 0 radical (unpaired) electrons. The number of rotatable bonds is 11. The van der Waals surface area contributed by atoms with Crippen LogP contribution in [-0.2, 0) is 32.6 Å². The minimum absolute atomic E-state index is 0.0541. The van der Waals surface area contributed by atoms with E-state index in [0.29, 0.717) is 31.1 Å². The Bertz CT molecular complexity index is 1490. The van der Waals surface area contributed by atoms with Gasteiger partial charge in [0.25, 0.3) is 0 Å². The van der Waals surface area contributed by atoms with Crippen LogP contribution in [0.2, 0.25) is 0 Å². The maximum atomic E-state index is 14.3. The van der Waals surface area contributed by atoms with E-state index in [4.69, 9.17) is 9.47 Å². The fourth-order valence-electron chi connectivity index (χ4n) is 5.68. The van der Waals surface area contributed by atoms with E-state index in [1.807, 2.05) is 60.7 Å². The Balaban J connectivity index is 1.49. The minimum atomic E-state index is -3.88. The number of hydrogen-bond acceptors (Lipinski definition) is 6. The summed E-state index contributed by atoms with van der Waals surface area (Å²) in [5.41, 5.74) is 2.03. The molecule has 1 fully saturated rings. The van der Waals surface area contributed by atoms with Crippen molar-refractivity contribution < 1.29 is 27.5 Å². The first-order valence-electron chi connectivity index (χ1n) is 14.8. The summed E-state index contributed by atoms with van der Waals surface area (Å²) in [5.74, 6) is 0.219. The molecule has 10 heteroatoms. The zero-order chi connectivity index (χ0) is 30.2. The predicted molar refractivity (Wildman–Crippen MR) is 166 cm³/mol. The highest BCUT2D eigenvalue weighted by Crippen LogP contribution is 2.35. The molecule has 1 heterocycles. The first-order chi connectivity index (χ1) is 20.8. The third kappa shape index (κ3) is 8.07. The number of benzene rings is 3. The third-order valence-electron chi connectivity index (χ3n) is 7.91. The molecule has 5 rings (SSSR count). The molecule has 0 spiro atoms. The van der Waals surface area contributed by atoms with Crippen LogP contribution >= 0.6 is 0 Å². The number of carbonyl (C=O) groups excluding carboxylic acids is 2. The van der Waals surface area contributed by atoms with Gasteiger partial charge in [-0.1, -0.05) is 79.9 Å². The summed E-state index contributed by atoms with van der Waals surface area (Å²) in [6.07, 6.45) is 6.43. The molecule has 2 aliphatic rings. The van der Waals surface area contributed by atoms with Crippen LogP contribution in [0.15, 0.2) is 78.9 Å². The SMILES string of the molecule is CS(=O)(=O)N(CC(=O)N(Cc1ccccc1)[C@H](Cc1ccccc1)C(=O)NC1CCCCC1)c1ccc2c(c1)OCCO2. The van der Waals surface area contributed by atoms with Crippen LogP contribution in [0, 0.1) is 0 Å². The van der Waals surface area contributed by atoms with Gasteiger partial charge in [0.2, 0.25) is 21.8 Å². The molecule has 1 aliphatic carbocycles. The van der Waals surface area contributed by atoms with Gasteiger partial charge in [-0.05, 0) is 36.1 Å². The predicted octanol–water partition coefficient (Wildman–Crippen LogP) is 4.31. The summed E-state index contributed by atoms with van der Waals surface area (Å²) >= 11 is 0. The number of sulfonamides is 1. The van der Waals surface area contributed by atoms with E-state index < -0.39 is 28.5 Å². The van der Waals surface area contributed by atoms with E-state index in [9.17, 15) is 18.0 Å². The summed E-state index contributed by atoms with van der Waals surface area (Å²) < 4.78 is 38.5. The highest BCUT2D eigenvalue weighted by Gasteiger charge is 2.34. The van der Waals surface area contributed by atoms with Gasteiger partial charge in [0.05, 0.1) is 11.9 Å². The molecule has 3 aromatic carbocycles. The topological polar surface area (TPSA) is 105 Å². The second-order valence-corrected chi connectivity index (χ2v) is 13.1. The number of amides is 2. The van der Waals surface area contributed by atoms with Crippen LogP contribution in [-0.4, -0.2) is 63.2 Å². The second-order valence-electron chi connectivity index (χ2n) is 11.2. The first-order valence-corrected chi connectivity index (χ1v) is 16.7. The average Bonchev–Trinajstić information content (AvgIpc) is 3.02. The lowest BCUT2D eigenvalue weighted by molar-refractivity contribution is -0.140. The first kappa shape index (κ1) is 30.4. The molecule has 1 atom stereocenters. The molecular formula is C33H39N3O6S. The monoisotopic (exact) mass is 605 g/mol. The standard InChI is InChI=1S/C33H39N3O6S/c1-43(39,40)36(28-17-18-30-31(22-28)42-20-19-41-30)24-32(37)35(23-26-13-7-3-8-14-26)29(21-25-11-5-2-6-12-25)33(38)34-27-15-9-4-10-16-27/h2-3,5-8,11-14,17-18,22,27,29H,4,9-10,15-16,19-21,23-24H2,1H3,(H,34,38)/t29-/m1/s1. The maximum Gasteiger partial charge on any atom is 0.244 e. The summed E-state index contributed by atoms with van der Waals surface area (Å²) in [7, 11) is -3.88. The molecule has 1 N–H and O–H groups in total. The lowest BCUT2D eigenvalue weighted by Crippen LogP contribution is -2.55. The fraction of sp³-hybridized carbons (Fsp3) is 0.394. The van der Waals surface area contributed by atoms with Gasteiger partial charge >= 0.3 is 0 Å². The number of nitrogens with one attached hydrogen (secondary N) is 1. The van der Waals surface area contributed by atoms with Gasteiger partial charge < -0.3 is 19.7 Å². The highest BCUT2D eigenvalue weighted by molar-refractivity contribution is 7.92. The van der Waals surface area contributed by atoms with E-state index in [2.05, 4.69) is 5.32 Å². The van der Waals surface area contributed by atoms with Crippen molar-refractivity contribution in [2.45, 2.75) is 57.2 Å². The lowest BCUT2D eigenvalue weighted by atomic mass is 9.94. The molecule has 228 valence electrons. The molecule has 0 aromatic heterocycles. The van der Waals surface area contributed by atoms with Crippen LogP contribution in [0.4, 0.5) is 5.69 Å². The van der Waals surface area contributed by atoms with Crippen LogP contribution in [0.3, 0.4) is 0 Å². The molecule has 1 saturated carbocycles. The van der Waals surface area contributed by atoms with E-state index in [0.717, 1.165) is 53.8 Å². The van der Waals surface area contributed by atoms with Gasteiger partial charge in [0.15, 0.2) is 11.5 Å². The van der Waals surface area contributed by atoms with Gasteiger partial charge in [0, 0.05) is 25.1 Å². The normalized spacial score (nSPS) is 15.7. The van der Waals surface area contributed by atoms with E-state index in [-0.39, 0.29) is 24.2 Å². The van der Waals surface area contributed by atoms with E-state index in [1.54, 1.807) is 18.2 Å². The number of anilines is 1. The summed E-state index contributed by atoms with van der Waals surface area (Å²) in [6.45, 7) is 0.415. The van der Waals surface area contributed by atoms with Crippen molar-refractivity contribution in [3.63, 3.8) is 0 Å². The van der Waals surface area contributed by atoms with E-state index >= 15 is 0 Å². The minimum Gasteiger partial charge on any atom is -0.486 e. The Labute approximate surface area is 253 Å². The molecule has 9 nitrogen and oxygen atoms in total. The Morgan fingerprint density at radius 3 is 2.14 bits per heavy atom. The zero-order valence-electron chi connectivity index (χ0n) is 24.5. The van der Waals surface area contributed by atoms with Gasteiger partial charge in [0.1, 0.15) is 25.8 Å². The number of ether oxygens (including phenoxy) is 2. The third-order valence-corrected chi connectivity index (χ3v) is 9.05. The van der Waals surface area contributed by atoms with Crippen molar-refractivity contribution in [2.75, 3.05) is 30.3 Å². The molecule has 0 unspecified atom stereocenters. The quantitative estimate of drug-likeness (QED) is 0.349. The molecule has 1 aliphatic heterocycles. The number of nitrogens with zero attached hydrogens (tertiary/aromatic N) is 2. The summed E-state index contributed by atoms with van der Waals surface area (Å²) in [6, 6.07) is 23.0. The van der Waals surface area contributed by atoms with Crippen LogP contribution in [0.25, 0.3) is 0 Å². The van der Waals surface area contributed by atoms with Gasteiger partial charge in [-0.2, -0.15) is 0 Å². The van der Waals surface area contributed by atoms with Crippen LogP contribution in [0.5, 0.6) is 11.5 Å². The van der Waals surface area contributed by atoms with E-state index in [1.165, 1.54) is 4.90 Å². The van der Waals surface area contributed by atoms with Gasteiger partial charge in [-0.3, -0.25) is 13.9 Å². The molecule has 3 aromatic rings. The lowest BCUT2D eigenvalue weighted by Gasteiger charge is -2.35. The average molecular weight is 606 g/mol.